The third-order valence-electron chi connectivity index (χ3n) is 4.91. The molecule has 4 nitrogen and oxygen atoms in total. The summed E-state index contributed by atoms with van der Waals surface area (Å²) in [6.45, 7) is 4.77. The van der Waals surface area contributed by atoms with Crippen LogP contribution in [-0.2, 0) is 19.9 Å². The van der Waals surface area contributed by atoms with Crippen LogP contribution in [0.4, 0.5) is 0 Å². The van der Waals surface area contributed by atoms with Crippen LogP contribution in [-0.4, -0.2) is 24.7 Å². The Morgan fingerprint density at radius 2 is 2.13 bits per heavy atom. The van der Waals surface area contributed by atoms with Gasteiger partial charge < -0.3 is 9.47 Å². The van der Waals surface area contributed by atoms with Crippen LogP contribution in [0.15, 0.2) is 9.98 Å². The molecule has 1 fully saturated rings. The second-order valence-corrected chi connectivity index (χ2v) is 8.76. The van der Waals surface area contributed by atoms with E-state index in [9.17, 15) is 4.79 Å². The minimum atomic E-state index is -0.381. The van der Waals surface area contributed by atoms with Gasteiger partial charge in [-0.2, -0.15) is 0 Å². The predicted molar refractivity (Wildman–Crippen MR) is 95.5 cm³/mol. The van der Waals surface area contributed by atoms with Crippen LogP contribution in [0.1, 0.15) is 57.4 Å². The number of aromatic nitrogens is 1. The van der Waals surface area contributed by atoms with E-state index in [-0.39, 0.29) is 17.5 Å². The van der Waals surface area contributed by atoms with E-state index in [1.54, 1.807) is 18.4 Å². The van der Waals surface area contributed by atoms with Crippen molar-refractivity contribution in [1.82, 2.24) is 4.98 Å². The first-order chi connectivity index (χ1) is 11.0. The highest BCUT2D eigenvalue weighted by molar-refractivity contribution is 9.11. The summed E-state index contributed by atoms with van der Waals surface area (Å²) in [6.07, 6.45) is 7.51. The normalized spacial score (nSPS) is 24.2. The highest BCUT2D eigenvalue weighted by Gasteiger charge is 2.41. The molecule has 0 aliphatic heterocycles. The Morgan fingerprint density at radius 1 is 1.43 bits per heavy atom. The molecule has 0 bridgehead atoms. The zero-order valence-corrected chi connectivity index (χ0v) is 16.5. The van der Waals surface area contributed by atoms with Gasteiger partial charge in [-0.05, 0) is 60.9 Å². The van der Waals surface area contributed by atoms with Gasteiger partial charge in [0.05, 0.1) is 22.5 Å². The molecule has 1 heterocycles. The number of methoxy groups -OCH3 is 1. The van der Waals surface area contributed by atoms with Crippen molar-refractivity contribution in [3.63, 3.8) is 0 Å². The zero-order valence-electron chi connectivity index (χ0n) is 14.1. The van der Waals surface area contributed by atoms with Crippen molar-refractivity contribution in [3.05, 3.63) is 15.0 Å². The van der Waals surface area contributed by atoms with Crippen LogP contribution < -0.4 is 0 Å². The quantitative estimate of drug-likeness (QED) is 0.478. The van der Waals surface area contributed by atoms with E-state index < -0.39 is 0 Å². The summed E-state index contributed by atoms with van der Waals surface area (Å²) in [6, 6.07) is 0. The lowest BCUT2D eigenvalue weighted by atomic mass is 9.74. The first-order valence-corrected chi connectivity index (χ1v) is 9.95. The first-order valence-electron chi connectivity index (χ1n) is 8.34. The fourth-order valence-corrected chi connectivity index (χ4v) is 4.64. The SMILES string of the molecule is CCCCOC(=O)[C@H]1CC[C@H](C(C)(OC)c2ncc(Br)s2)CC1. The Kier molecular flexibility index (Phi) is 7.04. The molecule has 0 amide bonds. The summed E-state index contributed by atoms with van der Waals surface area (Å²) in [5.74, 6) is 0.408. The van der Waals surface area contributed by atoms with E-state index in [2.05, 4.69) is 34.8 Å². The van der Waals surface area contributed by atoms with Gasteiger partial charge in [0.1, 0.15) is 10.6 Å². The number of carbonyl (C=O) groups excluding carboxylic acids is 1. The number of hydrogen-bond acceptors (Lipinski definition) is 5. The number of unbranched alkanes of at least 4 members (excludes halogenated alkanes) is 1. The number of halogens is 1. The summed E-state index contributed by atoms with van der Waals surface area (Å²) in [7, 11) is 1.75. The van der Waals surface area contributed by atoms with Gasteiger partial charge in [-0.15, -0.1) is 11.3 Å². The first kappa shape index (κ1) is 18.9. The summed E-state index contributed by atoms with van der Waals surface area (Å²) in [5, 5.41) is 1.00. The molecule has 0 radical (unpaired) electrons. The summed E-state index contributed by atoms with van der Waals surface area (Å²) >= 11 is 5.10. The molecule has 0 spiro atoms. The maximum Gasteiger partial charge on any atom is 0.308 e. The Morgan fingerprint density at radius 3 is 2.65 bits per heavy atom. The number of esters is 1. The fourth-order valence-electron chi connectivity index (χ4n) is 3.23. The molecule has 1 atom stereocenters. The molecule has 1 aliphatic rings. The highest BCUT2D eigenvalue weighted by atomic mass is 79.9. The number of hydrogen-bond donors (Lipinski definition) is 0. The lowest BCUT2D eigenvalue weighted by Crippen LogP contribution is -2.37. The molecule has 1 unspecified atom stereocenters. The van der Waals surface area contributed by atoms with Gasteiger partial charge in [-0.3, -0.25) is 4.79 Å². The maximum absolute atomic E-state index is 12.1. The van der Waals surface area contributed by atoms with E-state index in [4.69, 9.17) is 9.47 Å². The minimum Gasteiger partial charge on any atom is -0.465 e. The fraction of sp³-hybridized carbons (Fsp3) is 0.765. The molecule has 1 aromatic rings. The molecule has 1 aromatic heterocycles. The molecule has 0 aromatic carbocycles. The van der Waals surface area contributed by atoms with Gasteiger partial charge in [0.2, 0.25) is 0 Å². The average Bonchev–Trinajstić information content (AvgIpc) is 3.01. The van der Waals surface area contributed by atoms with E-state index in [0.29, 0.717) is 12.5 Å². The molecule has 130 valence electrons. The van der Waals surface area contributed by atoms with Crippen LogP contribution in [0.5, 0.6) is 0 Å². The third kappa shape index (κ3) is 4.54. The molecular formula is C17H26BrNO3S. The van der Waals surface area contributed by atoms with Gasteiger partial charge in [0.25, 0.3) is 0 Å². The van der Waals surface area contributed by atoms with Gasteiger partial charge in [-0.1, -0.05) is 13.3 Å². The molecule has 0 saturated heterocycles. The Balaban J connectivity index is 1.93. The molecule has 2 rings (SSSR count). The zero-order chi connectivity index (χ0) is 16.9. The van der Waals surface area contributed by atoms with Crippen molar-refractivity contribution in [3.8, 4) is 0 Å². The van der Waals surface area contributed by atoms with Crippen molar-refractivity contribution in [2.75, 3.05) is 13.7 Å². The second-order valence-electron chi connectivity index (χ2n) is 6.35. The van der Waals surface area contributed by atoms with Crippen LogP contribution in [0, 0.1) is 11.8 Å². The lowest BCUT2D eigenvalue weighted by Gasteiger charge is -2.38. The highest BCUT2D eigenvalue weighted by Crippen LogP contribution is 2.44. The van der Waals surface area contributed by atoms with Gasteiger partial charge in [-0.25, -0.2) is 4.98 Å². The van der Waals surface area contributed by atoms with Gasteiger partial charge in [0, 0.05) is 7.11 Å². The summed E-state index contributed by atoms with van der Waals surface area (Å²) in [4.78, 5) is 16.6. The van der Waals surface area contributed by atoms with Crippen molar-refractivity contribution in [2.24, 2.45) is 11.8 Å². The van der Waals surface area contributed by atoms with Gasteiger partial charge >= 0.3 is 5.97 Å². The van der Waals surface area contributed by atoms with Crippen molar-refractivity contribution >= 4 is 33.2 Å². The number of carbonyl (C=O) groups is 1. The largest absolute Gasteiger partial charge is 0.465 e. The van der Waals surface area contributed by atoms with E-state index >= 15 is 0 Å². The molecule has 0 N–H and O–H groups in total. The molecule has 23 heavy (non-hydrogen) atoms. The minimum absolute atomic E-state index is 0.0204. The lowest BCUT2D eigenvalue weighted by molar-refractivity contribution is -0.151. The number of rotatable bonds is 7. The molecular weight excluding hydrogens is 378 g/mol. The average molecular weight is 404 g/mol. The Labute approximate surface area is 151 Å². The number of nitrogens with zero attached hydrogens (tertiary/aromatic N) is 1. The van der Waals surface area contributed by atoms with E-state index in [1.165, 1.54) is 0 Å². The third-order valence-corrected chi connectivity index (χ3v) is 6.60. The van der Waals surface area contributed by atoms with E-state index in [0.717, 1.165) is 47.3 Å². The monoisotopic (exact) mass is 403 g/mol. The molecule has 6 heteroatoms. The van der Waals surface area contributed by atoms with E-state index in [1.807, 2.05) is 6.20 Å². The summed E-state index contributed by atoms with van der Waals surface area (Å²) < 4.78 is 12.3. The van der Waals surface area contributed by atoms with Crippen molar-refractivity contribution in [2.45, 2.75) is 58.0 Å². The Bertz CT molecular complexity index is 514. The molecule has 1 aliphatic carbocycles. The predicted octanol–water partition coefficient (Wildman–Crippen LogP) is 4.92. The Hall–Kier alpha value is -0.460. The van der Waals surface area contributed by atoms with Crippen molar-refractivity contribution in [1.29, 1.82) is 0 Å². The van der Waals surface area contributed by atoms with Crippen LogP contribution >= 0.6 is 27.3 Å². The summed E-state index contributed by atoms with van der Waals surface area (Å²) in [5.41, 5.74) is -0.381. The van der Waals surface area contributed by atoms with Crippen LogP contribution in [0.3, 0.4) is 0 Å². The van der Waals surface area contributed by atoms with Crippen LogP contribution in [0.25, 0.3) is 0 Å². The number of ether oxygens (including phenoxy) is 2. The smallest absolute Gasteiger partial charge is 0.308 e. The molecule has 1 saturated carbocycles. The standard InChI is InChI=1S/C17H26BrNO3S/c1-4-5-10-22-15(20)12-6-8-13(9-7-12)17(2,21-3)16-19-11-14(18)23-16/h11-13H,4-10H2,1-3H3/t12-,13-,17?. The van der Waals surface area contributed by atoms with Gasteiger partial charge in [0.15, 0.2) is 0 Å². The second kappa shape index (κ2) is 8.58. The maximum atomic E-state index is 12.1. The topological polar surface area (TPSA) is 48.4 Å². The number of thiazole rings is 1. The van der Waals surface area contributed by atoms with Crippen molar-refractivity contribution < 1.29 is 14.3 Å². The van der Waals surface area contributed by atoms with Crippen LogP contribution in [0.2, 0.25) is 0 Å².